The first-order chi connectivity index (χ1) is 8.63. The third kappa shape index (κ3) is 2.33. The van der Waals surface area contributed by atoms with Crippen molar-refractivity contribution < 1.29 is 4.74 Å². The lowest BCUT2D eigenvalue weighted by Gasteiger charge is -2.11. The minimum Gasteiger partial charge on any atom is -0.383 e. The van der Waals surface area contributed by atoms with Gasteiger partial charge >= 0.3 is 0 Å². The van der Waals surface area contributed by atoms with Gasteiger partial charge in [0.15, 0.2) is 0 Å². The Labute approximate surface area is 107 Å². The minimum atomic E-state index is 0.0932. The number of rotatable bonds is 3. The predicted molar refractivity (Wildman–Crippen MR) is 72.0 cm³/mol. The van der Waals surface area contributed by atoms with Crippen molar-refractivity contribution in [2.45, 2.75) is 20.0 Å². The van der Waals surface area contributed by atoms with Crippen molar-refractivity contribution >= 4 is 5.82 Å². The molecule has 0 saturated carbocycles. The maximum Gasteiger partial charge on any atom is 0.130 e. The third-order valence-corrected chi connectivity index (χ3v) is 3.13. The van der Waals surface area contributed by atoms with Crippen LogP contribution in [0.1, 0.15) is 24.2 Å². The molecular formula is C14H17N3O. The fourth-order valence-corrected chi connectivity index (χ4v) is 1.80. The molecule has 94 valence electrons. The fraction of sp³-hybridized carbons (Fsp3) is 0.286. The van der Waals surface area contributed by atoms with E-state index in [4.69, 9.17) is 10.5 Å². The second-order valence-corrected chi connectivity index (χ2v) is 4.23. The lowest BCUT2D eigenvalue weighted by Crippen LogP contribution is -1.99. The summed E-state index contributed by atoms with van der Waals surface area (Å²) in [5.74, 6) is 0.523. The molecule has 0 unspecified atom stereocenters. The summed E-state index contributed by atoms with van der Waals surface area (Å²) in [4.78, 5) is 8.25. The summed E-state index contributed by atoms with van der Waals surface area (Å²) in [7, 11) is 1.70. The number of aromatic nitrogens is 2. The van der Waals surface area contributed by atoms with Crippen LogP contribution in [0.2, 0.25) is 0 Å². The van der Waals surface area contributed by atoms with Gasteiger partial charge in [-0.3, -0.25) is 0 Å². The van der Waals surface area contributed by atoms with Gasteiger partial charge in [-0.2, -0.15) is 0 Å². The number of anilines is 1. The number of hydrogen-bond acceptors (Lipinski definition) is 4. The van der Waals surface area contributed by atoms with Crippen LogP contribution in [0.4, 0.5) is 5.82 Å². The van der Waals surface area contributed by atoms with Crippen molar-refractivity contribution in [1.82, 2.24) is 9.97 Å². The number of methoxy groups -OCH3 is 1. The first-order valence-electron chi connectivity index (χ1n) is 5.83. The van der Waals surface area contributed by atoms with Gasteiger partial charge in [0.05, 0.1) is 11.8 Å². The zero-order chi connectivity index (χ0) is 13.1. The van der Waals surface area contributed by atoms with Crippen LogP contribution in [0.25, 0.3) is 11.3 Å². The minimum absolute atomic E-state index is 0.0932. The number of hydrogen-bond donors (Lipinski definition) is 1. The number of nitrogens with two attached hydrogens (primary N) is 1. The van der Waals surface area contributed by atoms with E-state index in [1.165, 1.54) is 6.33 Å². The van der Waals surface area contributed by atoms with Crippen molar-refractivity contribution in [3.8, 4) is 11.3 Å². The summed E-state index contributed by atoms with van der Waals surface area (Å²) in [6.07, 6.45) is 1.58. The summed E-state index contributed by atoms with van der Waals surface area (Å²) in [5, 5.41) is 0. The van der Waals surface area contributed by atoms with E-state index in [1.807, 2.05) is 38.1 Å². The van der Waals surface area contributed by atoms with E-state index >= 15 is 0 Å². The van der Waals surface area contributed by atoms with Gasteiger partial charge in [0, 0.05) is 18.2 Å². The predicted octanol–water partition coefficient (Wildman–Crippen LogP) is 2.74. The summed E-state index contributed by atoms with van der Waals surface area (Å²) < 4.78 is 5.28. The molecule has 0 fully saturated rings. The summed E-state index contributed by atoms with van der Waals surface area (Å²) >= 11 is 0. The van der Waals surface area contributed by atoms with E-state index in [1.54, 1.807) is 7.11 Å². The van der Waals surface area contributed by atoms with E-state index in [0.29, 0.717) is 5.82 Å². The molecule has 0 saturated heterocycles. The highest BCUT2D eigenvalue weighted by Gasteiger charge is 2.08. The Morgan fingerprint density at radius 3 is 2.44 bits per heavy atom. The van der Waals surface area contributed by atoms with Crippen molar-refractivity contribution in [2.24, 2.45) is 0 Å². The largest absolute Gasteiger partial charge is 0.383 e. The molecule has 0 aliphatic heterocycles. The van der Waals surface area contributed by atoms with Crippen LogP contribution in [0.5, 0.6) is 0 Å². The highest BCUT2D eigenvalue weighted by molar-refractivity contribution is 5.66. The molecule has 2 rings (SSSR count). The molecule has 0 radical (unpaired) electrons. The Morgan fingerprint density at radius 2 is 1.83 bits per heavy atom. The number of benzene rings is 1. The maximum absolute atomic E-state index is 5.79. The second kappa shape index (κ2) is 5.14. The molecule has 18 heavy (non-hydrogen) atoms. The SMILES string of the molecule is CO[C@@H](C)c1ccc(-c2ncnc(N)c2C)cc1. The first-order valence-corrected chi connectivity index (χ1v) is 5.83. The van der Waals surface area contributed by atoms with Crippen LogP contribution in [0, 0.1) is 6.92 Å². The molecule has 0 spiro atoms. The van der Waals surface area contributed by atoms with Crippen molar-refractivity contribution in [3.05, 3.63) is 41.7 Å². The van der Waals surface area contributed by atoms with Crippen LogP contribution in [-0.4, -0.2) is 17.1 Å². The molecule has 0 bridgehead atoms. The van der Waals surface area contributed by atoms with E-state index in [2.05, 4.69) is 9.97 Å². The van der Waals surface area contributed by atoms with Gasteiger partial charge in [0.25, 0.3) is 0 Å². The molecule has 4 nitrogen and oxygen atoms in total. The van der Waals surface area contributed by atoms with Gasteiger partial charge in [0.1, 0.15) is 12.1 Å². The molecule has 1 atom stereocenters. The maximum atomic E-state index is 5.79. The molecule has 0 aliphatic carbocycles. The standard InChI is InChI=1S/C14H17N3O/c1-9-13(16-8-17-14(9)15)12-6-4-11(5-7-12)10(2)18-3/h4-8,10H,1-3H3,(H2,15,16,17)/t10-/m0/s1. The lowest BCUT2D eigenvalue weighted by atomic mass is 10.0. The molecule has 2 N–H and O–H groups in total. The van der Waals surface area contributed by atoms with Crippen LogP contribution in [0.3, 0.4) is 0 Å². The Kier molecular flexibility index (Phi) is 3.58. The third-order valence-electron chi connectivity index (χ3n) is 3.13. The average Bonchev–Trinajstić information content (AvgIpc) is 2.41. The number of nitrogen functional groups attached to an aromatic ring is 1. The van der Waals surface area contributed by atoms with Crippen LogP contribution < -0.4 is 5.73 Å². The van der Waals surface area contributed by atoms with Crippen molar-refractivity contribution in [1.29, 1.82) is 0 Å². The van der Waals surface area contributed by atoms with Crippen molar-refractivity contribution in [2.75, 3.05) is 12.8 Å². The van der Waals surface area contributed by atoms with Crippen molar-refractivity contribution in [3.63, 3.8) is 0 Å². The average molecular weight is 243 g/mol. The fourth-order valence-electron chi connectivity index (χ4n) is 1.80. The molecule has 1 aromatic heterocycles. The smallest absolute Gasteiger partial charge is 0.130 e. The Morgan fingerprint density at radius 1 is 1.17 bits per heavy atom. The zero-order valence-electron chi connectivity index (χ0n) is 10.8. The van der Waals surface area contributed by atoms with Gasteiger partial charge in [-0.25, -0.2) is 9.97 Å². The normalized spacial score (nSPS) is 12.4. The molecule has 0 aliphatic rings. The molecular weight excluding hydrogens is 226 g/mol. The highest BCUT2D eigenvalue weighted by atomic mass is 16.5. The number of nitrogens with zero attached hydrogens (tertiary/aromatic N) is 2. The van der Waals surface area contributed by atoms with Crippen LogP contribution in [-0.2, 0) is 4.74 Å². The van der Waals surface area contributed by atoms with Gasteiger partial charge in [-0.05, 0) is 19.4 Å². The molecule has 0 amide bonds. The summed E-state index contributed by atoms with van der Waals surface area (Å²) in [6.45, 7) is 3.94. The van der Waals surface area contributed by atoms with Crippen LogP contribution >= 0.6 is 0 Å². The molecule has 1 heterocycles. The molecule has 2 aromatic rings. The highest BCUT2D eigenvalue weighted by Crippen LogP contribution is 2.25. The van der Waals surface area contributed by atoms with Gasteiger partial charge in [0.2, 0.25) is 0 Å². The quantitative estimate of drug-likeness (QED) is 0.900. The van der Waals surface area contributed by atoms with E-state index in [0.717, 1.165) is 22.4 Å². The first kappa shape index (κ1) is 12.5. The lowest BCUT2D eigenvalue weighted by molar-refractivity contribution is 0.119. The zero-order valence-corrected chi connectivity index (χ0v) is 10.8. The molecule has 1 aromatic carbocycles. The second-order valence-electron chi connectivity index (χ2n) is 4.23. The Bertz CT molecular complexity index is 537. The van der Waals surface area contributed by atoms with E-state index in [-0.39, 0.29) is 6.10 Å². The monoisotopic (exact) mass is 243 g/mol. The Hall–Kier alpha value is -1.94. The topological polar surface area (TPSA) is 61.0 Å². The number of ether oxygens (including phenoxy) is 1. The summed E-state index contributed by atoms with van der Waals surface area (Å²) in [5.41, 5.74) is 9.74. The Balaban J connectivity index is 2.37. The van der Waals surface area contributed by atoms with Crippen LogP contribution in [0.15, 0.2) is 30.6 Å². The van der Waals surface area contributed by atoms with Gasteiger partial charge in [-0.1, -0.05) is 24.3 Å². The summed E-state index contributed by atoms with van der Waals surface area (Å²) in [6, 6.07) is 8.14. The van der Waals surface area contributed by atoms with E-state index < -0.39 is 0 Å². The molecule has 4 heteroatoms. The van der Waals surface area contributed by atoms with Gasteiger partial charge < -0.3 is 10.5 Å². The van der Waals surface area contributed by atoms with E-state index in [9.17, 15) is 0 Å². The van der Waals surface area contributed by atoms with Gasteiger partial charge in [-0.15, -0.1) is 0 Å².